The first-order valence-electron chi connectivity index (χ1n) is 4.82. The van der Waals surface area contributed by atoms with Crippen molar-refractivity contribution < 1.29 is 19.4 Å². The molecule has 0 unspecified atom stereocenters. The second kappa shape index (κ2) is 4.35. The molecule has 0 saturated carbocycles. The van der Waals surface area contributed by atoms with E-state index >= 15 is 0 Å². The van der Waals surface area contributed by atoms with E-state index in [0.29, 0.717) is 11.3 Å². The van der Waals surface area contributed by atoms with Gasteiger partial charge < -0.3 is 9.84 Å². The van der Waals surface area contributed by atoms with E-state index in [9.17, 15) is 9.59 Å². The molecular formula is C12H14O4. The molecule has 0 fully saturated rings. The zero-order chi connectivity index (χ0) is 12.3. The molecule has 0 aromatic heterocycles. The SMILES string of the molecule is COc1cccc(C(C)(C)C(=O)C(=O)O)c1. The number of hydrogen-bond acceptors (Lipinski definition) is 3. The largest absolute Gasteiger partial charge is 0.497 e. The van der Waals surface area contributed by atoms with Gasteiger partial charge in [0.1, 0.15) is 5.75 Å². The number of rotatable bonds is 4. The maximum absolute atomic E-state index is 11.5. The van der Waals surface area contributed by atoms with Crippen LogP contribution in [0.5, 0.6) is 5.75 Å². The zero-order valence-corrected chi connectivity index (χ0v) is 9.48. The van der Waals surface area contributed by atoms with E-state index in [1.54, 1.807) is 38.1 Å². The van der Waals surface area contributed by atoms with E-state index < -0.39 is 17.2 Å². The first kappa shape index (κ1) is 12.2. The third-order valence-corrected chi connectivity index (χ3v) is 2.55. The van der Waals surface area contributed by atoms with Crippen molar-refractivity contribution in [3.05, 3.63) is 29.8 Å². The Bertz CT molecular complexity index is 421. The van der Waals surface area contributed by atoms with Gasteiger partial charge >= 0.3 is 5.97 Å². The van der Waals surface area contributed by atoms with Crippen LogP contribution in [0.4, 0.5) is 0 Å². The van der Waals surface area contributed by atoms with Gasteiger partial charge in [0.2, 0.25) is 5.78 Å². The van der Waals surface area contributed by atoms with Gasteiger partial charge in [-0.05, 0) is 31.5 Å². The number of carboxylic acid groups (broad SMARTS) is 1. The smallest absolute Gasteiger partial charge is 0.373 e. The third kappa shape index (κ3) is 2.21. The molecule has 86 valence electrons. The summed E-state index contributed by atoms with van der Waals surface area (Å²) in [4.78, 5) is 22.2. The molecule has 16 heavy (non-hydrogen) atoms. The highest BCUT2D eigenvalue weighted by molar-refractivity contribution is 6.36. The summed E-state index contributed by atoms with van der Waals surface area (Å²) in [5.74, 6) is -1.66. The fourth-order valence-electron chi connectivity index (χ4n) is 1.41. The van der Waals surface area contributed by atoms with Gasteiger partial charge in [0.05, 0.1) is 12.5 Å². The van der Waals surface area contributed by atoms with Gasteiger partial charge in [-0.2, -0.15) is 0 Å². The second-order valence-corrected chi connectivity index (χ2v) is 3.99. The number of ether oxygens (including phenoxy) is 1. The molecule has 0 radical (unpaired) electrons. The quantitative estimate of drug-likeness (QED) is 0.786. The first-order valence-corrected chi connectivity index (χ1v) is 4.82. The number of ketones is 1. The van der Waals surface area contributed by atoms with Crippen molar-refractivity contribution in [2.24, 2.45) is 0 Å². The number of carbonyl (C=O) groups is 2. The van der Waals surface area contributed by atoms with E-state index in [1.165, 1.54) is 7.11 Å². The lowest BCUT2D eigenvalue weighted by molar-refractivity contribution is -0.151. The van der Waals surface area contributed by atoms with Crippen LogP contribution in [-0.4, -0.2) is 24.0 Å². The minimum Gasteiger partial charge on any atom is -0.497 e. The molecule has 0 atom stereocenters. The summed E-state index contributed by atoms with van der Waals surface area (Å²) in [6.07, 6.45) is 0. The molecule has 4 heteroatoms. The van der Waals surface area contributed by atoms with Gasteiger partial charge in [0, 0.05) is 0 Å². The van der Waals surface area contributed by atoms with Crippen molar-refractivity contribution in [2.45, 2.75) is 19.3 Å². The van der Waals surface area contributed by atoms with E-state index in [-0.39, 0.29) is 0 Å². The Morgan fingerprint density at radius 3 is 2.44 bits per heavy atom. The van der Waals surface area contributed by atoms with Crippen molar-refractivity contribution in [3.8, 4) is 5.75 Å². The molecule has 0 aliphatic carbocycles. The highest BCUT2D eigenvalue weighted by Gasteiger charge is 2.34. The average molecular weight is 222 g/mol. The van der Waals surface area contributed by atoms with E-state index in [2.05, 4.69) is 0 Å². The van der Waals surface area contributed by atoms with Crippen LogP contribution in [0, 0.1) is 0 Å². The van der Waals surface area contributed by atoms with Crippen molar-refractivity contribution in [1.82, 2.24) is 0 Å². The number of carboxylic acids is 1. The molecule has 1 aromatic rings. The molecule has 0 spiro atoms. The first-order chi connectivity index (χ1) is 7.39. The van der Waals surface area contributed by atoms with E-state index in [1.807, 2.05) is 0 Å². The lowest BCUT2D eigenvalue weighted by Crippen LogP contribution is -2.34. The molecule has 0 heterocycles. The molecular weight excluding hydrogens is 208 g/mol. The summed E-state index contributed by atoms with van der Waals surface area (Å²) in [6, 6.07) is 6.85. The minimum absolute atomic E-state index is 0.601. The fourth-order valence-corrected chi connectivity index (χ4v) is 1.41. The molecule has 0 bridgehead atoms. The van der Waals surface area contributed by atoms with Crippen LogP contribution in [0.1, 0.15) is 19.4 Å². The van der Waals surface area contributed by atoms with Gasteiger partial charge in [-0.25, -0.2) is 4.79 Å². The Hall–Kier alpha value is -1.84. The molecule has 4 nitrogen and oxygen atoms in total. The standard InChI is InChI=1S/C12H14O4/c1-12(2,10(13)11(14)15)8-5-4-6-9(7-8)16-3/h4-7H,1-3H3,(H,14,15). The molecule has 1 aromatic carbocycles. The minimum atomic E-state index is -1.42. The number of hydrogen-bond donors (Lipinski definition) is 1. The monoisotopic (exact) mass is 222 g/mol. The van der Waals surface area contributed by atoms with Gasteiger partial charge in [0.15, 0.2) is 0 Å². The zero-order valence-electron chi connectivity index (χ0n) is 9.48. The topological polar surface area (TPSA) is 63.6 Å². The lowest BCUT2D eigenvalue weighted by atomic mass is 9.80. The van der Waals surface area contributed by atoms with Crippen LogP contribution in [0.3, 0.4) is 0 Å². The summed E-state index contributed by atoms with van der Waals surface area (Å²) in [5.41, 5.74) is -0.431. The Labute approximate surface area is 93.9 Å². The highest BCUT2D eigenvalue weighted by atomic mass is 16.5. The average Bonchev–Trinajstić information content (AvgIpc) is 2.27. The molecule has 1 rings (SSSR count). The van der Waals surface area contributed by atoms with E-state index in [4.69, 9.17) is 9.84 Å². The van der Waals surface area contributed by atoms with Crippen LogP contribution in [0.15, 0.2) is 24.3 Å². The number of benzene rings is 1. The van der Waals surface area contributed by atoms with Crippen molar-refractivity contribution in [3.63, 3.8) is 0 Å². The number of aliphatic carboxylic acids is 1. The third-order valence-electron chi connectivity index (χ3n) is 2.55. The molecule has 0 amide bonds. The van der Waals surface area contributed by atoms with E-state index in [0.717, 1.165) is 0 Å². The van der Waals surface area contributed by atoms with Crippen LogP contribution in [0.2, 0.25) is 0 Å². The van der Waals surface area contributed by atoms with Crippen molar-refractivity contribution in [1.29, 1.82) is 0 Å². The van der Waals surface area contributed by atoms with Crippen molar-refractivity contribution >= 4 is 11.8 Å². The molecule has 0 aliphatic rings. The van der Waals surface area contributed by atoms with Gasteiger partial charge in [-0.1, -0.05) is 12.1 Å². The van der Waals surface area contributed by atoms with Gasteiger partial charge in [-0.15, -0.1) is 0 Å². The summed E-state index contributed by atoms with van der Waals surface area (Å²) >= 11 is 0. The predicted octanol–water partition coefficient (Wildman–Crippen LogP) is 1.63. The van der Waals surface area contributed by atoms with Gasteiger partial charge in [0.25, 0.3) is 0 Å². The highest BCUT2D eigenvalue weighted by Crippen LogP contribution is 2.27. The van der Waals surface area contributed by atoms with Crippen LogP contribution in [0.25, 0.3) is 0 Å². The Kier molecular flexibility index (Phi) is 3.32. The normalized spacial score (nSPS) is 10.9. The maximum Gasteiger partial charge on any atom is 0.373 e. The summed E-state index contributed by atoms with van der Waals surface area (Å²) in [5, 5.41) is 8.72. The van der Waals surface area contributed by atoms with Crippen LogP contribution >= 0.6 is 0 Å². The summed E-state index contributed by atoms with van der Waals surface area (Å²) in [6.45, 7) is 3.16. The molecule has 0 aliphatic heterocycles. The second-order valence-electron chi connectivity index (χ2n) is 3.99. The Morgan fingerprint density at radius 1 is 1.31 bits per heavy atom. The molecule has 1 N–H and O–H groups in total. The Morgan fingerprint density at radius 2 is 1.94 bits per heavy atom. The summed E-state index contributed by atoms with van der Waals surface area (Å²) < 4.78 is 5.03. The molecule has 0 saturated heterocycles. The predicted molar refractivity (Wildman–Crippen MR) is 58.7 cm³/mol. The van der Waals surface area contributed by atoms with Crippen molar-refractivity contribution in [2.75, 3.05) is 7.11 Å². The lowest BCUT2D eigenvalue weighted by Gasteiger charge is -2.21. The number of Topliss-reactive ketones (excluding diaryl/α,β-unsaturated/α-hetero) is 1. The Balaban J connectivity index is 3.15. The number of carbonyl (C=O) groups excluding carboxylic acids is 1. The summed E-state index contributed by atoms with van der Waals surface area (Å²) in [7, 11) is 1.52. The van der Waals surface area contributed by atoms with Gasteiger partial charge in [-0.3, -0.25) is 4.79 Å². The van der Waals surface area contributed by atoms with Crippen LogP contribution < -0.4 is 4.74 Å². The van der Waals surface area contributed by atoms with Crippen LogP contribution in [-0.2, 0) is 15.0 Å². The fraction of sp³-hybridized carbons (Fsp3) is 0.333. The maximum atomic E-state index is 11.5. The number of methoxy groups -OCH3 is 1.